The van der Waals surface area contributed by atoms with E-state index in [4.69, 9.17) is 14.2 Å². The van der Waals surface area contributed by atoms with Crippen LogP contribution in [0.15, 0.2) is 24.3 Å². The number of rotatable bonds is 8. The molecule has 0 amide bonds. The van der Waals surface area contributed by atoms with Gasteiger partial charge in [0.2, 0.25) is 0 Å². The molecule has 0 aliphatic heterocycles. The van der Waals surface area contributed by atoms with E-state index in [2.05, 4.69) is 15.9 Å². The summed E-state index contributed by atoms with van der Waals surface area (Å²) in [7, 11) is 1.66. The van der Waals surface area contributed by atoms with Crippen LogP contribution >= 0.6 is 15.9 Å². The molecule has 1 aromatic rings. The van der Waals surface area contributed by atoms with Gasteiger partial charge in [-0.05, 0) is 24.6 Å². The van der Waals surface area contributed by atoms with Gasteiger partial charge in [0.1, 0.15) is 5.75 Å². The van der Waals surface area contributed by atoms with Crippen LogP contribution in [0.1, 0.15) is 18.6 Å². The predicted octanol–water partition coefficient (Wildman–Crippen LogP) is 3.18. The molecule has 17 heavy (non-hydrogen) atoms. The third kappa shape index (κ3) is 5.06. The topological polar surface area (TPSA) is 27.7 Å². The van der Waals surface area contributed by atoms with Crippen LogP contribution in [0, 0.1) is 0 Å². The van der Waals surface area contributed by atoms with Gasteiger partial charge in [-0.3, -0.25) is 0 Å². The second kappa shape index (κ2) is 8.50. The molecule has 0 saturated carbocycles. The molecule has 0 heterocycles. The average molecular weight is 303 g/mol. The van der Waals surface area contributed by atoms with Crippen LogP contribution in [0.4, 0.5) is 0 Å². The summed E-state index contributed by atoms with van der Waals surface area (Å²) in [5.41, 5.74) is 1.14. The summed E-state index contributed by atoms with van der Waals surface area (Å²) in [5.74, 6) is 0.858. The third-order valence-corrected chi connectivity index (χ3v) is 2.97. The fourth-order valence-corrected chi connectivity index (χ4v) is 2.00. The number of hydrogen-bond acceptors (Lipinski definition) is 3. The molecule has 1 unspecified atom stereocenters. The van der Waals surface area contributed by atoms with E-state index in [-0.39, 0.29) is 6.10 Å². The molecule has 3 nitrogen and oxygen atoms in total. The highest BCUT2D eigenvalue weighted by atomic mass is 79.9. The Labute approximate surface area is 111 Å². The number of methoxy groups -OCH3 is 1. The summed E-state index contributed by atoms with van der Waals surface area (Å²) >= 11 is 3.46. The Morgan fingerprint density at radius 2 is 1.88 bits per heavy atom. The Morgan fingerprint density at radius 1 is 1.18 bits per heavy atom. The summed E-state index contributed by atoms with van der Waals surface area (Å²) in [6.45, 7) is 3.95. The molecule has 0 N–H and O–H groups in total. The lowest BCUT2D eigenvalue weighted by Gasteiger charge is -2.16. The van der Waals surface area contributed by atoms with Crippen LogP contribution in [-0.2, 0) is 9.47 Å². The van der Waals surface area contributed by atoms with Crippen molar-refractivity contribution in [3.05, 3.63) is 29.8 Å². The smallest absolute Gasteiger partial charge is 0.118 e. The van der Waals surface area contributed by atoms with Gasteiger partial charge in [-0.25, -0.2) is 0 Å². The number of hydrogen-bond donors (Lipinski definition) is 0. The van der Waals surface area contributed by atoms with Crippen molar-refractivity contribution in [1.82, 2.24) is 0 Å². The zero-order valence-electron chi connectivity index (χ0n) is 10.3. The molecule has 0 spiro atoms. The summed E-state index contributed by atoms with van der Waals surface area (Å²) < 4.78 is 16.1. The van der Waals surface area contributed by atoms with Gasteiger partial charge in [0.05, 0.1) is 26.4 Å². The quantitative estimate of drug-likeness (QED) is 0.545. The van der Waals surface area contributed by atoms with Crippen molar-refractivity contribution < 1.29 is 14.2 Å². The molecule has 0 aliphatic carbocycles. The fourth-order valence-electron chi connectivity index (χ4n) is 1.44. The van der Waals surface area contributed by atoms with Gasteiger partial charge in [0.15, 0.2) is 0 Å². The highest BCUT2D eigenvalue weighted by Gasteiger charge is 2.10. The van der Waals surface area contributed by atoms with Gasteiger partial charge < -0.3 is 14.2 Å². The zero-order chi connectivity index (χ0) is 12.5. The van der Waals surface area contributed by atoms with E-state index in [1.54, 1.807) is 7.11 Å². The zero-order valence-corrected chi connectivity index (χ0v) is 11.9. The number of halogens is 1. The van der Waals surface area contributed by atoms with Gasteiger partial charge >= 0.3 is 0 Å². The van der Waals surface area contributed by atoms with Crippen LogP contribution in [-0.4, -0.2) is 32.3 Å². The number of ether oxygens (including phenoxy) is 3. The molecular formula is C13H19BrO3. The normalized spacial score (nSPS) is 12.4. The maximum atomic E-state index is 5.74. The molecular weight excluding hydrogens is 284 g/mol. The summed E-state index contributed by atoms with van der Waals surface area (Å²) in [6.07, 6.45) is 0.0568. The lowest BCUT2D eigenvalue weighted by molar-refractivity contribution is 0.0171. The molecule has 0 radical (unpaired) electrons. The monoisotopic (exact) mass is 302 g/mol. The molecule has 0 aromatic heterocycles. The Balaban J connectivity index is 2.47. The van der Waals surface area contributed by atoms with Gasteiger partial charge in [0, 0.05) is 11.9 Å². The van der Waals surface area contributed by atoms with E-state index in [9.17, 15) is 0 Å². The first-order valence-electron chi connectivity index (χ1n) is 5.71. The molecule has 1 atom stereocenters. The Bertz CT molecular complexity index is 300. The van der Waals surface area contributed by atoms with Crippen molar-refractivity contribution in [1.29, 1.82) is 0 Å². The van der Waals surface area contributed by atoms with Crippen molar-refractivity contribution >= 4 is 15.9 Å². The molecule has 1 rings (SSSR count). The first-order chi connectivity index (χ1) is 8.31. The van der Waals surface area contributed by atoms with Crippen LogP contribution in [0.5, 0.6) is 5.75 Å². The molecule has 4 heteroatoms. The minimum atomic E-state index is 0.0568. The Morgan fingerprint density at radius 3 is 2.41 bits per heavy atom. The Hall–Kier alpha value is -0.580. The van der Waals surface area contributed by atoms with Crippen LogP contribution in [0.3, 0.4) is 0 Å². The van der Waals surface area contributed by atoms with Crippen LogP contribution in [0.25, 0.3) is 0 Å². The van der Waals surface area contributed by atoms with Crippen molar-refractivity contribution in [2.45, 2.75) is 13.0 Å². The molecule has 0 saturated heterocycles. The summed E-state index contributed by atoms with van der Waals surface area (Å²) in [4.78, 5) is 0. The van der Waals surface area contributed by atoms with Crippen LogP contribution < -0.4 is 4.74 Å². The van der Waals surface area contributed by atoms with Gasteiger partial charge in [-0.2, -0.15) is 0 Å². The van der Waals surface area contributed by atoms with Crippen LogP contribution in [0.2, 0.25) is 0 Å². The van der Waals surface area contributed by atoms with E-state index in [1.165, 1.54) is 0 Å². The first-order valence-corrected chi connectivity index (χ1v) is 6.83. The Kier molecular flexibility index (Phi) is 7.24. The number of alkyl halides is 1. The van der Waals surface area contributed by atoms with Gasteiger partial charge in [-0.1, -0.05) is 28.1 Å². The molecule has 96 valence electrons. The average Bonchev–Trinajstić information content (AvgIpc) is 2.39. The van der Waals surface area contributed by atoms with Crippen molar-refractivity contribution in [2.75, 3.05) is 32.3 Å². The second-order valence-corrected chi connectivity index (χ2v) is 4.13. The molecule has 0 bridgehead atoms. The van der Waals surface area contributed by atoms with E-state index in [0.29, 0.717) is 13.2 Å². The summed E-state index contributed by atoms with van der Waals surface area (Å²) in [6, 6.07) is 7.92. The maximum absolute atomic E-state index is 5.74. The minimum absolute atomic E-state index is 0.0568. The fraction of sp³-hybridized carbons (Fsp3) is 0.538. The highest BCUT2D eigenvalue weighted by Crippen LogP contribution is 2.22. The molecule has 0 fully saturated rings. The van der Waals surface area contributed by atoms with Crippen molar-refractivity contribution in [3.8, 4) is 5.75 Å². The SMILES string of the molecule is CCOCCOC(CBr)c1ccc(OC)cc1. The standard InChI is InChI=1S/C13H19BrO3/c1-3-16-8-9-17-13(10-14)11-4-6-12(15-2)7-5-11/h4-7,13H,3,8-10H2,1-2H3. The van der Waals surface area contributed by atoms with E-state index < -0.39 is 0 Å². The second-order valence-electron chi connectivity index (χ2n) is 3.48. The lowest BCUT2D eigenvalue weighted by Crippen LogP contribution is -2.11. The molecule has 1 aromatic carbocycles. The van der Waals surface area contributed by atoms with E-state index >= 15 is 0 Å². The van der Waals surface area contributed by atoms with Gasteiger partial charge in [-0.15, -0.1) is 0 Å². The van der Waals surface area contributed by atoms with Crippen molar-refractivity contribution in [3.63, 3.8) is 0 Å². The maximum Gasteiger partial charge on any atom is 0.118 e. The predicted molar refractivity (Wildman–Crippen MR) is 72.0 cm³/mol. The summed E-state index contributed by atoms with van der Waals surface area (Å²) in [5, 5.41) is 0.769. The highest BCUT2D eigenvalue weighted by molar-refractivity contribution is 9.09. The largest absolute Gasteiger partial charge is 0.497 e. The van der Waals surface area contributed by atoms with Gasteiger partial charge in [0.25, 0.3) is 0 Å². The molecule has 0 aliphatic rings. The third-order valence-electron chi connectivity index (χ3n) is 2.38. The van der Waals surface area contributed by atoms with E-state index in [1.807, 2.05) is 31.2 Å². The first kappa shape index (κ1) is 14.5. The van der Waals surface area contributed by atoms with E-state index in [0.717, 1.165) is 23.2 Å². The number of benzene rings is 1. The van der Waals surface area contributed by atoms with Crippen molar-refractivity contribution in [2.24, 2.45) is 0 Å². The minimum Gasteiger partial charge on any atom is -0.497 e. The lowest BCUT2D eigenvalue weighted by atomic mass is 10.1.